The molecule has 4 saturated carbocycles. The fourth-order valence-corrected chi connectivity index (χ4v) is 11.0. The third-order valence-electron chi connectivity index (χ3n) is 11.9. The Hall–Kier alpha value is -0.700. The highest BCUT2D eigenvalue weighted by molar-refractivity contribution is 7.92. The second-order valence-corrected chi connectivity index (χ2v) is 15.9. The first kappa shape index (κ1) is 30.3. The summed E-state index contributed by atoms with van der Waals surface area (Å²) in [4.78, 5) is 12.1. The Bertz CT molecular complexity index is 937. The Balaban J connectivity index is 1.40. The van der Waals surface area contributed by atoms with E-state index in [0.29, 0.717) is 35.5 Å². The van der Waals surface area contributed by atoms with Crippen LogP contribution in [0.2, 0.25) is 0 Å². The number of carbonyl (C=O) groups excluding carboxylic acids is 1. The molecule has 2 N–H and O–H groups in total. The molecule has 11 atom stereocenters. The average Bonchev–Trinajstić information content (AvgIpc) is 3.21. The van der Waals surface area contributed by atoms with E-state index >= 15 is 0 Å². The highest BCUT2D eigenvalue weighted by Crippen LogP contribution is 2.69. The molecular formula is C30H52O7S. The summed E-state index contributed by atoms with van der Waals surface area (Å²) in [5.41, 5.74) is 0.358. The first-order chi connectivity index (χ1) is 17.9. The molecule has 4 rings (SSSR count). The van der Waals surface area contributed by atoms with E-state index in [4.69, 9.17) is 9.47 Å². The number of carbonyl (C=O) groups is 1. The summed E-state index contributed by atoms with van der Waals surface area (Å²) < 4.78 is 34.2. The van der Waals surface area contributed by atoms with Crippen molar-refractivity contribution >= 4 is 15.8 Å². The summed E-state index contributed by atoms with van der Waals surface area (Å²) in [5.74, 6) is 1.41. The van der Waals surface area contributed by atoms with E-state index in [1.807, 2.05) is 0 Å². The van der Waals surface area contributed by atoms with Crippen LogP contribution in [0.3, 0.4) is 0 Å². The number of ether oxygens (including phenoxy) is 2. The van der Waals surface area contributed by atoms with Crippen LogP contribution in [0, 0.1) is 52.3 Å². The van der Waals surface area contributed by atoms with Gasteiger partial charge < -0.3 is 19.7 Å². The molecule has 4 fully saturated rings. The molecule has 0 bridgehead atoms. The third-order valence-corrected chi connectivity index (χ3v) is 13.4. The zero-order valence-electron chi connectivity index (χ0n) is 24.2. The molecule has 0 aliphatic heterocycles. The number of fused-ring (bicyclic) bond motifs is 5. The molecule has 0 aromatic heterocycles. The normalized spacial score (nSPS) is 43.6. The van der Waals surface area contributed by atoms with Gasteiger partial charge in [0.1, 0.15) is 5.75 Å². The largest absolute Gasteiger partial charge is 0.465 e. The number of aliphatic hydroxyl groups is 2. The summed E-state index contributed by atoms with van der Waals surface area (Å²) in [7, 11) is -2.08. The molecule has 0 radical (unpaired) electrons. The molecule has 8 heteroatoms. The SMILES string of the molecule is CC[C@H]1[C@@H](O)[C@@H]2[C@H](CC[C@]3(C)[C@@H]([C@H](C)CCOC(=O)CS(=O)(=O)CCOC)CC[C@@H]23)[C@@]2(C)CC[C@@H](O)C[C@@H]12. The van der Waals surface area contributed by atoms with E-state index in [2.05, 4.69) is 27.7 Å². The average molecular weight is 557 g/mol. The molecule has 0 amide bonds. The van der Waals surface area contributed by atoms with Crippen molar-refractivity contribution in [3.63, 3.8) is 0 Å². The first-order valence-electron chi connectivity index (χ1n) is 15.1. The molecule has 38 heavy (non-hydrogen) atoms. The van der Waals surface area contributed by atoms with E-state index in [0.717, 1.165) is 51.4 Å². The maximum atomic E-state index is 12.1. The number of sulfone groups is 1. The second-order valence-electron chi connectivity index (χ2n) is 13.7. The monoisotopic (exact) mass is 556 g/mol. The maximum absolute atomic E-state index is 12.1. The molecule has 4 aliphatic carbocycles. The van der Waals surface area contributed by atoms with Gasteiger partial charge in [0.15, 0.2) is 9.84 Å². The maximum Gasteiger partial charge on any atom is 0.321 e. The van der Waals surface area contributed by atoms with Crippen molar-refractivity contribution in [1.82, 2.24) is 0 Å². The third kappa shape index (κ3) is 5.58. The Morgan fingerprint density at radius 3 is 2.37 bits per heavy atom. The molecule has 0 unspecified atom stereocenters. The van der Waals surface area contributed by atoms with Crippen molar-refractivity contribution in [2.24, 2.45) is 52.3 Å². The molecule has 220 valence electrons. The summed E-state index contributed by atoms with van der Waals surface area (Å²) >= 11 is 0. The van der Waals surface area contributed by atoms with Crippen molar-refractivity contribution in [1.29, 1.82) is 0 Å². The number of hydrogen-bond acceptors (Lipinski definition) is 7. The van der Waals surface area contributed by atoms with E-state index in [9.17, 15) is 23.4 Å². The molecule has 0 aromatic rings. The summed E-state index contributed by atoms with van der Waals surface area (Å²) in [6, 6.07) is 0. The van der Waals surface area contributed by atoms with Crippen molar-refractivity contribution in [3.8, 4) is 0 Å². The highest BCUT2D eigenvalue weighted by Gasteiger charge is 2.64. The molecule has 0 saturated heterocycles. The van der Waals surface area contributed by atoms with Crippen LogP contribution in [-0.4, -0.2) is 68.6 Å². The minimum atomic E-state index is -3.51. The van der Waals surface area contributed by atoms with Crippen LogP contribution < -0.4 is 0 Å². The van der Waals surface area contributed by atoms with E-state index in [-0.39, 0.29) is 47.9 Å². The van der Waals surface area contributed by atoms with Gasteiger partial charge in [-0.3, -0.25) is 4.79 Å². The Morgan fingerprint density at radius 2 is 1.68 bits per heavy atom. The Labute approximate surface area is 230 Å². The lowest BCUT2D eigenvalue weighted by molar-refractivity contribution is -0.203. The standard InChI is InChI=1S/C30H52O7S/c1-6-21-25-17-20(31)9-12-30(25,4)24-10-13-29(3)22(7-8-23(29)27(24)28(21)33)19(2)11-14-37-26(32)18-38(34,35)16-15-36-5/h19-25,27-28,31,33H,6-18H2,1-5H3/t19-,20-,21-,22-,23+,24+,25+,27+,28-,29-,30-/m1/s1. The van der Waals surface area contributed by atoms with Gasteiger partial charge in [-0.15, -0.1) is 0 Å². The van der Waals surface area contributed by atoms with Gasteiger partial charge in [0, 0.05) is 7.11 Å². The van der Waals surface area contributed by atoms with Gasteiger partial charge in [0.05, 0.1) is 31.2 Å². The van der Waals surface area contributed by atoms with Crippen molar-refractivity contribution in [3.05, 3.63) is 0 Å². The predicted molar refractivity (Wildman–Crippen MR) is 147 cm³/mol. The van der Waals surface area contributed by atoms with E-state index < -0.39 is 21.6 Å². The van der Waals surface area contributed by atoms with Crippen LogP contribution in [0.15, 0.2) is 0 Å². The fraction of sp³-hybridized carbons (Fsp3) is 0.967. The minimum absolute atomic E-state index is 0.0748. The number of methoxy groups -OCH3 is 1. The van der Waals surface area contributed by atoms with Crippen molar-refractivity contribution in [2.45, 2.75) is 97.7 Å². The first-order valence-corrected chi connectivity index (χ1v) is 16.9. The molecule has 4 aliphatic rings. The molecular weight excluding hydrogens is 504 g/mol. The summed E-state index contributed by atoms with van der Waals surface area (Å²) in [5, 5.41) is 22.3. The van der Waals surface area contributed by atoms with Crippen LogP contribution >= 0.6 is 0 Å². The Kier molecular flexibility index (Phi) is 9.28. The van der Waals surface area contributed by atoms with Gasteiger partial charge in [-0.25, -0.2) is 8.42 Å². The minimum Gasteiger partial charge on any atom is -0.465 e. The van der Waals surface area contributed by atoms with Crippen molar-refractivity contribution < 1.29 is 32.9 Å². The smallest absolute Gasteiger partial charge is 0.321 e. The van der Waals surface area contributed by atoms with Gasteiger partial charge in [0.2, 0.25) is 0 Å². The van der Waals surface area contributed by atoms with Gasteiger partial charge in [-0.2, -0.15) is 0 Å². The topological polar surface area (TPSA) is 110 Å². The van der Waals surface area contributed by atoms with Crippen LogP contribution in [0.1, 0.15) is 85.5 Å². The van der Waals surface area contributed by atoms with Gasteiger partial charge >= 0.3 is 5.97 Å². The van der Waals surface area contributed by atoms with Crippen LogP contribution in [0.25, 0.3) is 0 Å². The van der Waals surface area contributed by atoms with E-state index in [1.165, 1.54) is 13.5 Å². The van der Waals surface area contributed by atoms with Crippen LogP contribution in [-0.2, 0) is 24.1 Å². The number of aliphatic hydroxyl groups excluding tert-OH is 2. The van der Waals surface area contributed by atoms with Gasteiger partial charge in [-0.1, -0.05) is 34.1 Å². The quantitative estimate of drug-likeness (QED) is 0.387. The lowest BCUT2D eigenvalue weighted by Gasteiger charge is -2.64. The summed E-state index contributed by atoms with van der Waals surface area (Å²) in [6.07, 6.45) is 8.54. The lowest BCUT2D eigenvalue weighted by Crippen LogP contribution is -2.62. The highest BCUT2D eigenvalue weighted by atomic mass is 32.2. The number of esters is 1. The number of rotatable bonds is 10. The molecule has 0 aromatic carbocycles. The fourth-order valence-electron chi connectivity index (χ4n) is 10.00. The zero-order chi connectivity index (χ0) is 27.9. The van der Waals surface area contributed by atoms with Gasteiger partial charge in [-0.05, 0) is 104 Å². The lowest BCUT2D eigenvalue weighted by atomic mass is 9.41. The molecule has 7 nitrogen and oxygen atoms in total. The van der Waals surface area contributed by atoms with E-state index in [1.54, 1.807) is 0 Å². The molecule has 0 heterocycles. The second kappa shape index (κ2) is 11.7. The van der Waals surface area contributed by atoms with Crippen LogP contribution in [0.4, 0.5) is 0 Å². The van der Waals surface area contributed by atoms with Crippen LogP contribution in [0.5, 0.6) is 0 Å². The van der Waals surface area contributed by atoms with Gasteiger partial charge in [0.25, 0.3) is 0 Å². The van der Waals surface area contributed by atoms with Crippen molar-refractivity contribution in [2.75, 3.05) is 31.8 Å². The summed E-state index contributed by atoms with van der Waals surface area (Å²) in [6.45, 7) is 9.69. The number of hydrogen-bond donors (Lipinski definition) is 2. The predicted octanol–water partition coefficient (Wildman–Crippen LogP) is 4.24. The Morgan fingerprint density at radius 1 is 1.00 bits per heavy atom. The molecule has 0 spiro atoms. The zero-order valence-corrected chi connectivity index (χ0v) is 25.0.